The lowest BCUT2D eigenvalue weighted by atomic mass is 10.3. The Morgan fingerprint density at radius 3 is 2.67 bits per heavy atom. The SMILES string of the molecule is Br.CCc1sc(N)nc1C(=O)O. The molecule has 4 nitrogen and oxygen atoms in total. The summed E-state index contributed by atoms with van der Waals surface area (Å²) in [4.78, 5) is 14.9. The van der Waals surface area contributed by atoms with Crippen LogP contribution in [0.4, 0.5) is 5.13 Å². The number of carbonyl (C=O) groups is 1. The summed E-state index contributed by atoms with van der Waals surface area (Å²) in [6, 6.07) is 0. The fourth-order valence-corrected chi connectivity index (χ4v) is 1.54. The van der Waals surface area contributed by atoms with Crippen molar-refractivity contribution in [3.8, 4) is 0 Å². The third-order valence-electron chi connectivity index (χ3n) is 1.24. The number of nitrogen functional groups attached to an aromatic ring is 1. The molecule has 0 saturated carbocycles. The van der Waals surface area contributed by atoms with Crippen LogP contribution < -0.4 is 5.73 Å². The largest absolute Gasteiger partial charge is 0.476 e. The summed E-state index contributed by atoms with van der Waals surface area (Å²) in [5, 5.41) is 8.92. The average Bonchev–Trinajstić information content (AvgIpc) is 2.30. The number of aromatic nitrogens is 1. The van der Waals surface area contributed by atoms with Crippen molar-refractivity contribution in [2.75, 3.05) is 5.73 Å². The van der Waals surface area contributed by atoms with Gasteiger partial charge in [0.1, 0.15) is 0 Å². The second kappa shape index (κ2) is 4.42. The van der Waals surface area contributed by atoms with Crippen molar-refractivity contribution in [1.82, 2.24) is 4.98 Å². The Kier molecular flexibility index (Phi) is 4.19. The second-order valence-electron chi connectivity index (χ2n) is 1.98. The van der Waals surface area contributed by atoms with E-state index in [4.69, 9.17) is 10.8 Å². The molecule has 0 aromatic carbocycles. The third kappa shape index (κ3) is 2.18. The van der Waals surface area contributed by atoms with Gasteiger partial charge in [0.2, 0.25) is 0 Å². The monoisotopic (exact) mass is 252 g/mol. The predicted octanol–water partition coefficient (Wildman–Crippen LogP) is 1.56. The first-order chi connectivity index (χ1) is 5.15. The number of aromatic carboxylic acids is 1. The van der Waals surface area contributed by atoms with Gasteiger partial charge >= 0.3 is 5.97 Å². The number of carboxylic acids is 1. The first-order valence-corrected chi connectivity index (χ1v) is 3.95. The van der Waals surface area contributed by atoms with Gasteiger partial charge in [0, 0.05) is 4.88 Å². The van der Waals surface area contributed by atoms with E-state index in [-0.39, 0.29) is 22.7 Å². The molecule has 12 heavy (non-hydrogen) atoms. The van der Waals surface area contributed by atoms with Crippen LogP contribution in [-0.2, 0) is 6.42 Å². The van der Waals surface area contributed by atoms with Crippen molar-refractivity contribution in [2.45, 2.75) is 13.3 Å². The Balaban J connectivity index is 0.00000121. The van der Waals surface area contributed by atoms with E-state index >= 15 is 0 Å². The Morgan fingerprint density at radius 2 is 2.33 bits per heavy atom. The van der Waals surface area contributed by atoms with Gasteiger partial charge in [-0.05, 0) is 6.42 Å². The molecular weight excluding hydrogens is 244 g/mol. The molecule has 0 atom stereocenters. The van der Waals surface area contributed by atoms with Crippen molar-refractivity contribution in [2.24, 2.45) is 0 Å². The van der Waals surface area contributed by atoms with Gasteiger partial charge in [0.25, 0.3) is 0 Å². The zero-order valence-corrected chi connectivity index (χ0v) is 8.93. The highest BCUT2D eigenvalue weighted by molar-refractivity contribution is 8.93. The summed E-state index contributed by atoms with van der Waals surface area (Å²) in [5.41, 5.74) is 5.43. The number of rotatable bonds is 2. The first kappa shape index (κ1) is 11.4. The van der Waals surface area contributed by atoms with Crippen LogP contribution in [0.2, 0.25) is 0 Å². The lowest BCUT2D eigenvalue weighted by Crippen LogP contribution is -2.00. The van der Waals surface area contributed by atoms with Gasteiger partial charge in [0.05, 0.1) is 0 Å². The molecule has 6 heteroatoms. The topological polar surface area (TPSA) is 76.2 Å². The van der Waals surface area contributed by atoms with Crippen LogP contribution in [0.5, 0.6) is 0 Å². The molecule has 0 saturated heterocycles. The van der Waals surface area contributed by atoms with Crippen LogP contribution in [0, 0.1) is 0 Å². The summed E-state index contributed by atoms with van der Waals surface area (Å²) in [7, 11) is 0. The van der Waals surface area contributed by atoms with Crippen LogP contribution in [0.1, 0.15) is 22.3 Å². The number of aryl methyl sites for hydroxylation is 1. The summed E-state index contributed by atoms with van der Waals surface area (Å²) in [5.74, 6) is -1.00. The molecule has 1 aromatic heterocycles. The molecular formula is C6H9BrN2O2S. The molecule has 0 aliphatic heterocycles. The Morgan fingerprint density at radius 1 is 1.75 bits per heavy atom. The van der Waals surface area contributed by atoms with Crippen LogP contribution in [0.3, 0.4) is 0 Å². The summed E-state index contributed by atoms with van der Waals surface area (Å²) >= 11 is 1.23. The minimum atomic E-state index is -1.00. The Bertz CT molecular complexity index is 287. The molecule has 0 bridgehead atoms. The number of nitrogens with zero attached hydrogens (tertiary/aromatic N) is 1. The highest BCUT2D eigenvalue weighted by Gasteiger charge is 2.13. The van der Waals surface area contributed by atoms with E-state index in [1.165, 1.54) is 11.3 Å². The van der Waals surface area contributed by atoms with Gasteiger partial charge in [-0.2, -0.15) is 0 Å². The molecule has 0 fully saturated rings. The number of anilines is 1. The van der Waals surface area contributed by atoms with Gasteiger partial charge < -0.3 is 10.8 Å². The molecule has 3 N–H and O–H groups in total. The molecule has 0 aliphatic carbocycles. The summed E-state index contributed by atoms with van der Waals surface area (Å²) in [6.45, 7) is 1.87. The van der Waals surface area contributed by atoms with Gasteiger partial charge in [0.15, 0.2) is 10.8 Å². The normalized spacial score (nSPS) is 9.08. The number of hydrogen-bond acceptors (Lipinski definition) is 4. The highest BCUT2D eigenvalue weighted by Crippen LogP contribution is 2.20. The van der Waals surface area contributed by atoms with Crippen LogP contribution in [0.25, 0.3) is 0 Å². The van der Waals surface area contributed by atoms with E-state index in [0.717, 1.165) is 4.88 Å². The molecule has 0 unspecified atom stereocenters. The van der Waals surface area contributed by atoms with Crippen LogP contribution >= 0.6 is 28.3 Å². The van der Waals surface area contributed by atoms with Gasteiger partial charge in [-0.25, -0.2) is 9.78 Å². The molecule has 1 heterocycles. The lowest BCUT2D eigenvalue weighted by Gasteiger charge is -1.89. The lowest BCUT2D eigenvalue weighted by molar-refractivity contribution is 0.0690. The number of hydrogen-bond donors (Lipinski definition) is 2. The van der Waals surface area contributed by atoms with Crippen molar-refractivity contribution < 1.29 is 9.90 Å². The summed E-state index contributed by atoms with van der Waals surface area (Å²) in [6.07, 6.45) is 0.663. The number of thiazole rings is 1. The zero-order chi connectivity index (χ0) is 8.43. The Hall–Kier alpha value is -0.620. The number of carboxylic acid groups (broad SMARTS) is 1. The maximum absolute atomic E-state index is 10.5. The second-order valence-corrected chi connectivity index (χ2v) is 3.10. The average molecular weight is 253 g/mol. The maximum Gasteiger partial charge on any atom is 0.355 e. The first-order valence-electron chi connectivity index (χ1n) is 3.13. The van der Waals surface area contributed by atoms with E-state index in [1.807, 2.05) is 6.92 Å². The van der Waals surface area contributed by atoms with Crippen molar-refractivity contribution in [1.29, 1.82) is 0 Å². The number of nitrogens with two attached hydrogens (primary N) is 1. The standard InChI is InChI=1S/C6H8N2O2S.BrH/c1-2-3-4(5(9)10)8-6(7)11-3;/h2H2,1H3,(H2,7,8)(H,9,10);1H. The fourth-order valence-electron chi connectivity index (χ4n) is 0.777. The summed E-state index contributed by atoms with van der Waals surface area (Å²) < 4.78 is 0. The molecule has 0 radical (unpaired) electrons. The van der Waals surface area contributed by atoms with E-state index in [9.17, 15) is 4.79 Å². The zero-order valence-electron chi connectivity index (χ0n) is 6.40. The fraction of sp³-hybridized carbons (Fsp3) is 0.333. The maximum atomic E-state index is 10.5. The minimum Gasteiger partial charge on any atom is -0.476 e. The smallest absolute Gasteiger partial charge is 0.355 e. The van der Waals surface area contributed by atoms with E-state index in [0.29, 0.717) is 11.6 Å². The highest BCUT2D eigenvalue weighted by atomic mass is 79.9. The molecule has 0 amide bonds. The molecule has 0 aliphatic rings. The van der Waals surface area contributed by atoms with E-state index in [1.54, 1.807) is 0 Å². The molecule has 1 rings (SSSR count). The van der Waals surface area contributed by atoms with E-state index in [2.05, 4.69) is 4.98 Å². The van der Waals surface area contributed by atoms with Gasteiger partial charge in [-0.15, -0.1) is 28.3 Å². The minimum absolute atomic E-state index is 0. The quantitative estimate of drug-likeness (QED) is 0.838. The third-order valence-corrected chi connectivity index (χ3v) is 2.27. The van der Waals surface area contributed by atoms with Crippen molar-refractivity contribution in [3.05, 3.63) is 10.6 Å². The predicted molar refractivity (Wildman–Crippen MR) is 53.2 cm³/mol. The van der Waals surface area contributed by atoms with Crippen LogP contribution in [0.15, 0.2) is 0 Å². The molecule has 1 aromatic rings. The molecule has 0 spiro atoms. The van der Waals surface area contributed by atoms with Gasteiger partial charge in [-0.1, -0.05) is 6.92 Å². The van der Waals surface area contributed by atoms with Crippen LogP contribution in [-0.4, -0.2) is 16.1 Å². The molecule has 68 valence electrons. The van der Waals surface area contributed by atoms with Crippen molar-refractivity contribution >= 4 is 39.4 Å². The van der Waals surface area contributed by atoms with E-state index < -0.39 is 5.97 Å². The van der Waals surface area contributed by atoms with Crippen molar-refractivity contribution in [3.63, 3.8) is 0 Å². The van der Waals surface area contributed by atoms with Gasteiger partial charge in [-0.3, -0.25) is 0 Å². The number of halogens is 1. The Labute approximate surface area is 84.2 Å².